The number of piperidine rings is 1. The fourth-order valence-corrected chi connectivity index (χ4v) is 3.09. The number of hydrogen-bond donors (Lipinski definition) is 1. The molecule has 6 heteroatoms. The minimum Gasteiger partial charge on any atom is -0.373 e. The molecule has 0 bridgehead atoms. The molecule has 2 aliphatic heterocycles. The summed E-state index contributed by atoms with van der Waals surface area (Å²) in [5, 5.41) is 7.62. The van der Waals surface area contributed by atoms with Crippen molar-refractivity contribution in [2.75, 3.05) is 26.2 Å². The van der Waals surface area contributed by atoms with Crippen LogP contribution in [0.5, 0.6) is 0 Å². The van der Waals surface area contributed by atoms with E-state index in [4.69, 9.17) is 4.74 Å². The third kappa shape index (κ3) is 3.63. The predicted molar refractivity (Wildman–Crippen MR) is 78.9 cm³/mol. The molecule has 3 rings (SSSR count). The second-order valence-corrected chi connectivity index (χ2v) is 6.02. The van der Waals surface area contributed by atoms with Gasteiger partial charge in [-0.15, -0.1) is 0 Å². The molecule has 21 heavy (non-hydrogen) atoms. The molecule has 0 radical (unpaired) electrons. The number of morpholine rings is 1. The Hall–Kier alpha value is -1.40. The molecule has 2 saturated heterocycles. The highest BCUT2D eigenvalue weighted by Crippen LogP contribution is 2.14. The Labute approximate surface area is 125 Å². The maximum Gasteiger partial charge on any atom is 0.239 e. The first kappa shape index (κ1) is 14.5. The van der Waals surface area contributed by atoms with Gasteiger partial charge in [0.2, 0.25) is 5.91 Å². The number of ether oxygens (including phenoxy) is 1. The quantitative estimate of drug-likeness (QED) is 0.884. The smallest absolute Gasteiger partial charge is 0.239 e. The Morgan fingerprint density at radius 2 is 2.43 bits per heavy atom. The van der Waals surface area contributed by atoms with E-state index in [-0.39, 0.29) is 18.1 Å². The molecule has 1 N–H and O–H groups in total. The summed E-state index contributed by atoms with van der Waals surface area (Å²) in [6.45, 7) is 5.66. The number of nitrogens with one attached hydrogen (secondary N) is 1. The van der Waals surface area contributed by atoms with E-state index in [1.165, 1.54) is 6.42 Å². The van der Waals surface area contributed by atoms with E-state index in [1.807, 2.05) is 28.9 Å². The fourth-order valence-electron chi connectivity index (χ4n) is 3.09. The summed E-state index contributed by atoms with van der Waals surface area (Å²) in [7, 11) is 0. The lowest BCUT2D eigenvalue weighted by molar-refractivity contribution is -0.142. The normalized spacial score (nSPS) is 26.8. The second-order valence-electron chi connectivity index (χ2n) is 6.02. The van der Waals surface area contributed by atoms with Crippen LogP contribution in [0.1, 0.15) is 24.8 Å². The highest BCUT2D eigenvalue weighted by molar-refractivity contribution is 5.82. The molecule has 116 valence electrons. The number of carbonyl (C=O) groups is 1. The van der Waals surface area contributed by atoms with E-state index < -0.39 is 0 Å². The van der Waals surface area contributed by atoms with Gasteiger partial charge >= 0.3 is 0 Å². The van der Waals surface area contributed by atoms with Crippen LogP contribution in [0.15, 0.2) is 12.4 Å². The Balaban J connectivity index is 1.56. The van der Waals surface area contributed by atoms with Gasteiger partial charge in [0, 0.05) is 19.3 Å². The van der Waals surface area contributed by atoms with E-state index in [2.05, 4.69) is 10.4 Å². The third-order valence-corrected chi connectivity index (χ3v) is 4.21. The van der Waals surface area contributed by atoms with Gasteiger partial charge < -0.3 is 15.0 Å². The second kappa shape index (κ2) is 6.58. The van der Waals surface area contributed by atoms with Crippen LogP contribution in [0.3, 0.4) is 0 Å². The number of nitrogens with zero attached hydrogens (tertiary/aromatic N) is 3. The van der Waals surface area contributed by atoms with Crippen molar-refractivity contribution in [2.24, 2.45) is 0 Å². The summed E-state index contributed by atoms with van der Waals surface area (Å²) >= 11 is 0. The molecule has 0 aliphatic carbocycles. The number of rotatable bonds is 3. The van der Waals surface area contributed by atoms with Crippen molar-refractivity contribution in [3.8, 4) is 0 Å². The lowest BCUT2D eigenvalue weighted by Gasteiger charge is -2.36. The van der Waals surface area contributed by atoms with Crippen LogP contribution < -0.4 is 5.32 Å². The lowest BCUT2D eigenvalue weighted by atomic mass is 10.0. The van der Waals surface area contributed by atoms with Crippen molar-refractivity contribution in [3.05, 3.63) is 18.0 Å². The van der Waals surface area contributed by atoms with E-state index in [9.17, 15) is 4.79 Å². The number of aromatic nitrogens is 2. The van der Waals surface area contributed by atoms with Gasteiger partial charge in [0.15, 0.2) is 0 Å². The third-order valence-electron chi connectivity index (χ3n) is 4.21. The molecular weight excluding hydrogens is 268 g/mol. The lowest BCUT2D eigenvalue weighted by Crippen LogP contribution is -2.54. The molecule has 2 atom stereocenters. The van der Waals surface area contributed by atoms with Crippen molar-refractivity contribution in [1.29, 1.82) is 0 Å². The van der Waals surface area contributed by atoms with Gasteiger partial charge in [0.1, 0.15) is 0 Å². The summed E-state index contributed by atoms with van der Waals surface area (Å²) in [6, 6.07) is 0.00412. The van der Waals surface area contributed by atoms with Gasteiger partial charge in [-0.3, -0.25) is 9.48 Å². The standard InChI is InChI=1S/C15H24N4O2/c1-12-8-17-19(9-12)11-13-10-18(6-7-21-13)15(20)14-4-2-3-5-16-14/h8-9,13-14,16H,2-7,10-11H2,1H3/t13?,14-/m1/s1. The van der Waals surface area contributed by atoms with Crippen LogP contribution in [-0.2, 0) is 16.1 Å². The average molecular weight is 292 g/mol. The molecule has 2 aliphatic rings. The minimum atomic E-state index is 0.00412. The summed E-state index contributed by atoms with van der Waals surface area (Å²) in [5.41, 5.74) is 1.14. The summed E-state index contributed by atoms with van der Waals surface area (Å²) in [5.74, 6) is 0.236. The Morgan fingerprint density at radius 1 is 1.52 bits per heavy atom. The van der Waals surface area contributed by atoms with Crippen molar-refractivity contribution in [3.63, 3.8) is 0 Å². The number of aryl methyl sites for hydroxylation is 1. The van der Waals surface area contributed by atoms with Gasteiger partial charge in [0.25, 0.3) is 0 Å². The van der Waals surface area contributed by atoms with E-state index in [1.54, 1.807) is 0 Å². The van der Waals surface area contributed by atoms with Crippen molar-refractivity contribution in [2.45, 2.75) is 44.9 Å². The molecule has 2 fully saturated rings. The maximum absolute atomic E-state index is 12.5. The predicted octanol–water partition coefficient (Wildman–Crippen LogP) is 0.561. The molecule has 0 saturated carbocycles. The Bertz CT molecular complexity index is 482. The van der Waals surface area contributed by atoms with Crippen LogP contribution in [-0.4, -0.2) is 59.0 Å². The number of hydrogen-bond acceptors (Lipinski definition) is 4. The molecular formula is C15H24N4O2. The van der Waals surface area contributed by atoms with E-state index >= 15 is 0 Å². The number of amides is 1. The molecule has 3 heterocycles. The topological polar surface area (TPSA) is 59.4 Å². The highest BCUT2D eigenvalue weighted by Gasteiger charge is 2.30. The minimum absolute atomic E-state index is 0.00412. The zero-order valence-corrected chi connectivity index (χ0v) is 12.6. The van der Waals surface area contributed by atoms with Gasteiger partial charge in [-0.2, -0.15) is 5.10 Å². The van der Waals surface area contributed by atoms with Gasteiger partial charge in [0.05, 0.1) is 31.5 Å². The van der Waals surface area contributed by atoms with Gasteiger partial charge in [-0.05, 0) is 31.9 Å². The summed E-state index contributed by atoms with van der Waals surface area (Å²) in [6.07, 6.45) is 7.16. The molecule has 6 nitrogen and oxygen atoms in total. The van der Waals surface area contributed by atoms with Crippen LogP contribution in [0.25, 0.3) is 0 Å². The van der Waals surface area contributed by atoms with Crippen molar-refractivity contribution >= 4 is 5.91 Å². The van der Waals surface area contributed by atoms with E-state index in [0.717, 1.165) is 24.9 Å². The van der Waals surface area contributed by atoms with Crippen LogP contribution >= 0.6 is 0 Å². The molecule has 1 aromatic rings. The van der Waals surface area contributed by atoms with Crippen molar-refractivity contribution in [1.82, 2.24) is 20.0 Å². The summed E-state index contributed by atoms with van der Waals surface area (Å²) in [4.78, 5) is 14.5. The molecule has 1 aromatic heterocycles. The first-order chi connectivity index (χ1) is 10.2. The van der Waals surface area contributed by atoms with Crippen LogP contribution in [0.4, 0.5) is 0 Å². The Morgan fingerprint density at radius 3 is 3.14 bits per heavy atom. The Kier molecular flexibility index (Phi) is 4.55. The van der Waals surface area contributed by atoms with Gasteiger partial charge in [-0.25, -0.2) is 0 Å². The first-order valence-electron chi connectivity index (χ1n) is 7.85. The summed E-state index contributed by atoms with van der Waals surface area (Å²) < 4.78 is 7.68. The molecule has 1 unspecified atom stereocenters. The van der Waals surface area contributed by atoms with Crippen molar-refractivity contribution < 1.29 is 9.53 Å². The fraction of sp³-hybridized carbons (Fsp3) is 0.733. The molecule has 1 amide bonds. The first-order valence-corrected chi connectivity index (χ1v) is 7.85. The molecule has 0 aromatic carbocycles. The SMILES string of the molecule is Cc1cnn(CC2CN(C(=O)[C@H]3CCCCN3)CCO2)c1. The monoisotopic (exact) mass is 292 g/mol. The van der Waals surface area contributed by atoms with Crippen LogP contribution in [0.2, 0.25) is 0 Å². The zero-order valence-electron chi connectivity index (χ0n) is 12.6. The maximum atomic E-state index is 12.5. The average Bonchev–Trinajstić information content (AvgIpc) is 2.93. The van der Waals surface area contributed by atoms with Crippen LogP contribution in [0, 0.1) is 6.92 Å². The van der Waals surface area contributed by atoms with Gasteiger partial charge in [-0.1, -0.05) is 6.42 Å². The highest BCUT2D eigenvalue weighted by atomic mass is 16.5. The molecule has 0 spiro atoms. The number of carbonyl (C=O) groups excluding carboxylic acids is 1. The van der Waals surface area contributed by atoms with E-state index in [0.29, 0.717) is 26.2 Å². The largest absolute Gasteiger partial charge is 0.373 e. The zero-order chi connectivity index (χ0) is 14.7.